The maximum absolute atomic E-state index is 9.25. The van der Waals surface area contributed by atoms with Gasteiger partial charge in [-0.2, -0.15) is 0 Å². The van der Waals surface area contributed by atoms with Crippen LogP contribution in [0.1, 0.15) is 29.9 Å². The van der Waals surface area contributed by atoms with Crippen LogP contribution in [0.25, 0.3) is 0 Å². The lowest BCUT2D eigenvalue weighted by Crippen LogP contribution is -2.32. The van der Waals surface area contributed by atoms with Gasteiger partial charge in [0.15, 0.2) is 0 Å². The summed E-state index contributed by atoms with van der Waals surface area (Å²) in [6.45, 7) is 1.84. The molecule has 0 aliphatic heterocycles. The molecule has 0 saturated heterocycles. The Balaban J connectivity index is 2.47. The summed E-state index contributed by atoms with van der Waals surface area (Å²) in [7, 11) is 0.185. The standard InChI is InChI=1S/C11H15BO3/c1-7-10(12(13)14)5-9(8-3-4-8)6-11(7)15-2/h5-6,8,13-14H,3-4H2,1-2H3. The molecule has 80 valence electrons. The molecule has 0 amide bonds. The highest BCUT2D eigenvalue weighted by Gasteiger charge is 2.27. The molecule has 1 aromatic rings. The van der Waals surface area contributed by atoms with E-state index >= 15 is 0 Å². The lowest BCUT2D eigenvalue weighted by atomic mass is 9.76. The molecule has 15 heavy (non-hydrogen) atoms. The monoisotopic (exact) mass is 206 g/mol. The summed E-state index contributed by atoms with van der Waals surface area (Å²) in [5, 5.41) is 18.5. The fraction of sp³-hybridized carbons (Fsp3) is 0.455. The third-order valence-electron chi connectivity index (χ3n) is 2.97. The zero-order valence-corrected chi connectivity index (χ0v) is 9.03. The van der Waals surface area contributed by atoms with Crippen molar-refractivity contribution in [3.05, 3.63) is 23.3 Å². The van der Waals surface area contributed by atoms with Crippen LogP contribution in [-0.2, 0) is 0 Å². The Labute approximate surface area is 89.8 Å². The molecule has 0 radical (unpaired) electrons. The van der Waals surface area contributed by atoms with Crippen molar-refractivity contribution in [2.75, 3.05) is 7.11 Å². The van der Waals surface area contributed by atoms with Gasteiger partial charge in [0.1, 0.15) is 5.75 Å². The Morgan fingerprint density at radius 3 is 2.47 bits per heavy atom. The lowest BCUT2D eigenvalue weighted by molar-refractivity contribution is 0.408. The van der Waals surface area contributed by atoms with E-state index in [4.69, 9.17) is 4.74 Å². The molecule has 1 aromatic carbocycles. The Morgan fingerprint density at radius 2 is 2.00 bits per heavy atom. The summed E-state index contributed by atoms with van der Waals surface area (Å²) in [5.41, 5.74) is 2.51. The van der Waals surface area contributed by atoms with E-state index in [0.717, 1.165) is 16.9 Å². The Morgan fingerprint density at radius 1 is 1.33 bits per heavy atom. The summed E-state index contributed by atoms with van der Waals surface area (Å²) in [6.07, 6.45) is 2.38. The molecule has 0 unspecified atom stereocenters. The molecule has 0 aromatic heterocycles. The van der Waals surface area contributed by atoms with Gasteiger partial charge in [0.2, 0.25) is 0 Å². The third kappa shape index (κ3) is 2.01. The van der Waals surface area contributed by atoms with Crippen LogP contribution in [0.3, 0.4) is 0 Å². The number of rotatable bonds is 3. The second-order valence-electron chi connectivity index (χ2n) is 4.09. The van der Waals surface area contributed by atoms with Gasteiger partial charge in [-0.1, -0.05) is 6.07 Å². The summed E-state index contributed by atoms with van der Waals surface area (Å²) in [5.74, 6) is 1.32. The van der Waals surface area contributed by atoms with E-state index in [9.17, 15) is 10.0 Å². The van der Waals surface area contributed by atoms with Gasteiger partial charge in [-0.05, 0) is 48.3 Å². The van der Waals surface area contributed by atoms with E-state index in [1.807, 2.05) is 19.1 Å². The molecule has 0 bridgehead atoms. The first-order valence-corrected chi connectivity index (χ1v) is 5.18. The molecule has 1 fully saturated rings. The second-order valence-corrected chi connectivity index (χ2v) is 4.09. The normalized spacial score (nSPS) is 15.2. The van der Waals surface area contributed by atoms with Gasteiger partial charge in [-0.3, -0.25) is 0 Å². The van der Waals surface area contributed by atoms with Crippen molar-refractivity contribution in [1.29, 1.82) is 0 Å². The number of ether oxygens (including phenoxy) is 1. The van der Waals surface area contributed by atoms with E-state index < -0.39 is 7.12 Å². The van der Waals surface area contributed by atoms with E-state index in [1.54, 1.807) is 7.11 Å². The second kappa shape index (κ2) is 3.87. The van der Waals surface area contributed by atoms with Crippen LogP contribution in [0.5, 0.6) is 5.75 Å². The number of hydrogen-bond donors (Lipinski definition) is 2. The van der Waals surface area contributed by atoms with Crippen molar-refractivity contribution in [3.8, 4) is 5.75 Å². The SMILES string of the molecule is COc1cc(C2CC2)cc(B(O)O)c1C. The number of benzene rings is 1. The van der Waals surface area contributed by atoms with Crippen molar-refractivity contribution in [1.82, 2.24) is 0 Å². The Bertz CT molecular complexity index is 372. The van der Waals surface area contributed by atoms with E-state index in [2.05, 4.69) is 0 Å². The summed E-state index contributed by atoms with van der Waals surface area (Å²) >= 11 is 0. The topological polar surface area (TPSA) is 49.7 Å². The van der Waals surface area contributed by atoms with Crippen LogP contribution in [0, 0.1) is 6.92 Å². The van der Waals surface area contributed by atoms with Gasteiger partial charge in [0, 0.05) is 0 Å². The van der Waals surface area contributed by atoms with Crippen LogP contribution in [-0.4, -0.2) is 24.3 Å². The van der Waals surface area contributed by atoms with Crippen molar-refractivity contribution in [3.63, 3.8) is 0 Å². The predicted octanol–water partition coefficient (Wildman–Crippen LogP) is 0.561. The van der Waals surface area contributed by atoms with Crippen molar-refractivity contribution < 1.29 is 14.8 Å². The first-order chi connectivity index (χ1) is 7.13. The van der Waals surface area contributed by atoms with Crippen LogP contribution < -0.4 is 10.2 Å². The number of methoxy groups -OCH3 is 1. The van der Waals surface area contributed by atoms with Gasteiger partial charge in [0.25, 0.3) is 0 Å². The average Bonchev–Trinajstić information content (AvgIpc) is 3.01. The van der Waals surface area contributed by atoms with Gasteiger partial charge in [-0.25, -0.2) is 0 Å². The third-order valence-corrected chi connectivity index (χ3v) is 2.97. The molecule has 0 atom stereocenters. The fourth-order valence-electron chi connectivity index (χ4n) is 1.86. The minimum atomic E-state index is -1.42. The van der Waals surface area contributed by atoms with E-state index in [1.165, 1.54) is 12.8 Å². The molecule has 1 saturated carbocycles. The minimum Gasteiger partial charge on any atom is -0.496 e. The largest absolute Gasteiger partial charge is 0.496 e. The maximum Gasteiger partial charge on any atom is 0.488 e. The molecular formula is C11H15BO3. The number of hydrogen-bond acceptors (Lipinski definition) is 3. The van der Waals surface area contributed by atoms with Crippen LogP contribution >= 0.6 is 0 Å². The maximum atomic E-state index is 9.25. The highest BCUT2D eigenvalue weighted by atomic mass is 16.5. The summed E-state index contributed by atoms with van der Waals surface area (Å²) in [4.78, 5) is 0. The fourth-order valence-corrected chi connectivity index (χ4v) is 1.86. The van der Waals surface area contributed by atoms with Crippen LogP contribution in [0.4, 0.5) is 0 Å². The quantitative estimate of drug-likeness (QED) is 0.710. The zero-order valence-electron chi connectivity index (χ0n) is 9.03. The molecule has 4 heteroatoms. The first kappa shape index (κ1) is 10.5. The van der Waals surface area contributed by atoms with Crippen molar-refractivity contribution >= 4 is 12.6 Å². The van der Waals surface area contributed by atoms with E-state index in [0.29, 0.717) is 11.4 Å². The molecule has 0 spiro atoms. The van der Waals surface area contributed by atoms with Crippen molar-refractivity contribution in [2.45, 2.75) is 25.7 Å². The first-order valence-electron chi connectivity index (χ1n) is 5.18. The highest BCUT2D eigenvalue weighted by Crippen LogP contribution is 2.41. The molecule has 3 nitrogen and oxygen atoms in total. The van der Waals surface area contributed by atoms with E-state index in [-0.39, 0.29) is 0 Å². The summed E-state index contributed by atoms with van der Waals surface area (Å²) in [6, 6.07) is 3.87. The minimum absolute atomic E-state index is 0.552. The van der Waals surface area contributed by atoms with Crippen LogP contribution in [0.2, 0.25) is 0 Å². The average molecular weight is 206 g/mol. The van der Waals surface area contributed by atoms with Crippen LogP contribution in [0.15, 0.2) is 12.1 Å². The molecular weight excluding hydrogens is 191 g/mol. The van der Waals surface area contributed by atoms with Crippen molar-refractivity contribution in [2.24, 2.45) is 0 Å². The van der Waals surface area contributed by atoms with Gasteiger partial charge in [0.05, 0.1) is 7.11 Å². The Hall–Kier alpha value is -0.995. The van der Waals surface area contributed by atoms with Gasteiger partial charge >= 0.3 is 7.12 Å². The predicted molar refractivity (Wildman–Crippen MR) is 59.5 cm³/mol. The van der Waals surface area contributed by atoms with Gasteiger partial charge in [-0.15, -0.1) is 0 Å². The highest BCUT2D eigenvalue weighted by molar-refractivity contribution is 6.59. The Kier molecular flexibility index (Phi) is 2.71. The zero-order chi connectivity index (χ0) is 11.0. The molecule has 2 rings (SSSR count). The lowest BCUT2D eigenvalue weighted by Gasteiger charge is -2.12. The molecule has 1 aliphatic carbocycles. The van der Waals surface area contributed by atoms with Gasteiger partial charge < -0.3 is 14.8 Å². The molecule has 1 aliphatic rings. The smallest absolute Gasteiger partial charge is 0.488 e. The summed E-state index contributed by atoms with van der Waals surface area (Å²) < 4.78 is 5.23. The molecule has 0 heterocycles. The molecule has 2 N–H and O–H groups in total.